The number of nitrogens with one attached hydrogen (secondary N) is 1. The van der Waals surface area contributed by atoms with E-state index in [1.165, 1.54) is 16.3 Å². The Hall–Kier alpha value is -3.27. The number of halogens is 2. The van der Waals surface area contributed by atoms with Crippen molar-refractivity contribution in [2.45, 2.75) is 38.8 Å². The molecule has 41 heavy (non-hydrogen) atoms. The maximum absolute atomic E-state index is 13.8. The highest BCUT2D eigenvalue weighted by atomic mass is 35.5. The van der Waals surface area contributed by atoms with Gasteiger partial charge >= 0.3 is 0 Å². The van der Waals surface area contributed by atoms with Crippen LogP contribution in [0.25, 0.3) is 0 Å². The van der Waals surface area contributed by atoms with E-state index in [1.807, 2.05) is 37.3 Å². The summed E-state index contributed by atoms with van der Waals surface area (Å²) in [5.41, 5.74) is 1.80. The van der Waals surface area contributed by atoms with Gasteiger partial charge in [0.1, 0.15) is 11.8 Å². The number of sulfonamides is 1. The molecule has 0 fully saturated rings. The Labute approximate surface area is 252 Å². The molecule has 3 aromatic carbocycles. The first kappa shape index (κ1) is 32.2. The molecule has 3 rings (SSSR count). The highest BCUT2D eigenvalue weighted by Crippen LogP contribution is 2.31. The largest absolute Gasteiger partial charge is 0.492 e. The van der Waals surface area contributed by atoms with Crippen molar-refractivity contribution in [1.82, 2.24) is 10.2 Å². The summed E-state index contributed by atoms with van der Waals surface area (Å²) in [5, 5.41) is 3.42. The lowest BCUT2D eigenvalue weighted by Crippen LogP contribution is -2.50. The quantitative estimate of drug-likeness (QED) is 0.263. The Morgan fingerprint density at radius 1 is 0.951 bits per heavy atom. The fourth-order valence-electron chi connectivity index (χ4n) is 4.50. The third-order valence-corrected chi connectivity index (χ3v) is 8.38. The van der Waals surface area contributed by atoms with E-state index in [1.54, 1.807) is 42.5 Å². The maximum Gasteiger partial charge on any atom is 0.242 e. The van der Waals surface area contributed by atoms with Crippen molar-refractivity contribution in [2.24, 2.45) is 0 Å². The van der Waals surface area contributed by atoms with Gasteiger partial charge < -0.3 is 15.0 Å². The summed E-state index contributed by atoms with van der Waals surface area (Å²) in [6.07, 6.45) is 1.56. The van der Waals surface area contributed by atoms with Crippen LogP contribution in [0.4, 0.5) is 5.69 Å². The van der Waals surface area contributed by atoms with E-state index in [-0.39, 0.29) is 44.2 Å². The molecule has 0 aromatic heterocycles. The number of rotatable bonds is 14. The highest BCUT2D eigenvalue weighted by molar-refractivity contribution is 7.92. The number of ether oxygens (including phenoxy) is 1. The Balaban J connectivity index is 1.90. The third-order valence-electron chi connectivity index (χ3n) is 6.49. The van der Waals surface area contributed by atoms with Gasteiger partial charge in [0, 0.05) is 48.6 Å². The van der Waals surface area contributed by atoms with Crippen molar-refractivity contribution >= 4 is 50.7 Å². The maximum atomic E-state index is 13.8. The minimum absolute atomic E-state index is 0.00518. The zero-order valence-corrected chi connectivity index (χ0v) is 25.7. The average molecular weight is 621 g/mol. The number of likely N-dealkylation sites (N-methyl/N-ethyl adjacent to an activating group) is 1. The number of anilines is 1. The van der Waals surface area contributed by atoms with Crippen LogP contribution in [0.15, 0.2) is 72.8 Å². The summed E-state index contributed by atoms with van der Waals surface area (Å²) in [4.78, 5) is 28.4. The van der Waals surface area contributed by atoms with E-state index < -0.39 is 16.1 Å². The van der Waals surface area contributed by atoms with Crippen LogP contribution in [0.2, 0.25) is 10.0 Å². The smallest absolute Gasteiger partial charge is 0.242 e. The number of carbonyl (C=O) groups excluding carboxylic acids is 2. The lowest BCUT2D eigenvalue weighted by molar-refractivity contribution is -0.141. The summed E-state index contributed by atoms with van der Waals surface area (Å²) in [6.45, 7) is 2.23. The van der Waals surface area contributed by atoms with Crippen LogP contribution >= 0.6 is 23.2 Å². The molecule has 3 aromatic rings. The number of benzene rings is 3. The topological polar surface area (TPSA) is 96.0 Å². The number of amides is 2. The highest BCUT2D eigenvalue weighted by Gasteiger charge is 2.31. The third kappa shape index (κ3) is 8.86. The monoisotopic (exact) mass is 619 g/mol. The van der Waals surface area contributed by atoms with Crippen molar-refractivity contribution < 1.29 is 22.7 Å². The average Bonchev–Trinajstić information content (AvgIpc) is 2.94. The molecule has 0 spiro atoms. The molecular formula is C30H35Cl2N3O5S. The van der Waals surface area contributed by atoms with Gasteiger partial charge in [0.25, 0.3) is 0 Å². The van der Waals surface area contributed by atoms with E-state index in [0.717, 1.165) is 11.8 Å². The Bertz CT molecular complexity index is 1420. The van der Waals surface area contributed by atoms with Crippen molar-refractivity contribution in [3.63, 3.8) is 0 Å². The molecule has 0 aliphatic heterocycles. The van der Waals surface area contributed by atoms with Gasteiger partial charge in [-0.05, 0) is 43.2 Å². The SMILES string of the molecule is CCOc1ccccc1N(CCCC(=O)N(Cc1c(Cl)cccc1Cl)C(Cc1ccccc1)C(=O)NC)S(C)(=O)=O. The summed E-state index contributed by atoms with van der Waals surface area (Å²) in [6, 6.07) is 20.5. The van der Waals surface area contributed by atoms with Crippen molar-refractivity contribution in [1.29, 1.82) is 0 Å². The number of carbonyl (C=O) groups is 2. The van der Waals surface area contributed by atoms with Gasteiger partial charge in [0.15, 0.2) is 0 Å². The van der Waals surface area contributed by atoms with Crippen LogP contribution in [0.5, 0.6) is 5.75 Å². The number of nitrogens with zero attached hydrogens (tertiary/aromatic N) is 2. The zero-order valence-electron chi connectivity index (χ0n) is 23.3. The molecule has 220 valence electrons. The normalized spacial score (nSPS) is 11.9. The minimum Gasteiger partial charge on any atom is -0.492 e. The second-order valence-corrected chi connectivity index (χ2v) is 12.1. The molecular weight excluding hydrogens is 585 g/mol. The Kier molecular flexibility index (Phi) is 11.9. The van der Waals surface area contributed by atoms with Crippen LogP contribution in [-0.4, -0.2) is 57.6 Å². The first-order chi connectivity index (χ1) is 19.6. The predicted octanol–water partition coefficient (Wildman–Crippen LogP) is 5.32. The summed E-state index contributed by atoms with van der Waals surface area (Å²) < 4.78 is 32.4. The molecule has 0 aliphatic carbocycles. The van der Waals surface area contributed by atoms with Gasteiger partial charge in [-0.25, -0.2) is 8.42 Å². The number of hydrogen-bond donors (Lipinski definition) is 1. The lowest BCUT2D eigenvalue weighted by Gasteiger charge is -2.32. The minimum atomic E-state index is -3.68. The van der Waals surface area contributed by atoms with Gasteiger partial charge in [0.2, 0.25) is 21.8 Å². The summed E-state index contributed by atoms with van der Waals surface area (Å²) in [5.74, 6) is -0.241. The van der Waals surface area contributed by atoms with Crippen LogP contribution < -0.4 is 14.4 Å². The summed E-state index contributed by atoms with van der Waals surface area (Å²) >= 11 is 12.9. The molecule has 0 bridgehead atoms. The van der Waals surface area contributed by atoms with E-state index >= 15 is 0 Å². The predicted molar refractivity (Wildman–Crippen MR) is 164 cm³/mol. The molecule has 0 saturated heterocycles. The Morgan fingerprint density at radius 2 is 1.59 bits per heavy atom. The van der Waals surface area contributed by atoms with Crippen LogP contribution in [-0.2, 0) is 32.6 Å². The summed E-state index contributed by atoms with van der Waals surface area (Å²) in [7, 11) is -2.16. The molecule has 0 saturated carbocycles. The lowest BCUT2D eigenvalue weighted by atomic mass is 10.0. The standard InChI is InChI=1S/C30H35Cl2N3O5S/c1-4-40-28-17-9-8-16-26(28)35(41(3,38)39)19-11-18-29(36)34(21-23-24(31)14-10-15-25(23)32)27(30(37)33-2)20-22-12-6-5-7-13-22/h5-10,12-17,27H,4,11,18-21H2,1-3H3,(H,33,37). The first-order valence-electron chi connectivity index (χ1n) is 13.2. The fraction of sp³-hybridized carbons (Fsp3) is 0.333. The first-order valence-corrected chi connectivity index (χ1v) is 15.8. The van der Waals surface area contributed by atoms with Crippen molar-refractivity contribution in [3.05, 3.63) is 94.0 Å². The molecule has 8 nitrogen and oxygen atoms in total. The van der Waals surface area contributed by atoms with Crippen LogP contribution in [0.1, 0.15) is 30.9 Å². The van der Waals surface area contributed by atoms with Gasteiger partial charge in [-0.1, -0.05) is 71.7 Å². The van der Waals surface area contributed by atoms with Gasteiger partial charge in [0.05, 0.1) is 18.6 Å². The molecule has 11 heteroatoms. The van der Waals surface area contributed by atoms with Gasteiger partial charge in [-0.3, -0.25) is 13.9 Å². The van der Waals surface area contributed by atoms with E-state index in [9.17, 15) is 18.0 Å². The van der Waals surface area contributed by atoms with Crippen LogP contribution in [0.3, 0.4) is 0 Å². The number of para-hydroxylation sites is 2. The molecule has 1 N–H and O–H groups in total. The molecule has 2 amide bonds. The molecule has 0 aliphatic rings. The van der Waals surface area contributed by atoms with Crippen LogP contribution in [0, 0.1) is 0 Å². The van der Waals surface area contributed by atoms with E-state index in [4.69, 9.17) is 27.9 Å². The van der Waals surface area contributed by atoms with Gasteiger partial charge in [-0.15, -0.1) is 0 Å². The fourth-order valence-corrected chi connectivity index (χ4v) is 5.98. The zero-order chi connectivity index (χ0) is 30.0. The molecule has 0 radical (unpaired) electrons. The molecule has 1 unspecified atom stereocenters. The number of hydrogen-bond acceptors (Lipinski definition) is 5. The van der Waals surface area contributed by atoms with Crippen molar-refractivity contribution in [2.75, 3.05) is 30.8 Å². The van der Waals surface area contributed by atoms with E-state index in [2.05, 4.69) is 5.32 Å². The molecule has 1 atom stereocenters. The molecule has 0 heterocycles. The Morgan fingerprint density at radius 3 is 2.20 bits per heavy atom. The van der Waals surface area contributed by atoms with Crippen molar-refractivity contribution in [3.8, 4) is 5.75 Å². The second-order valence-electron chi connectivity index (χ2n) is 9.38. The van der Waals surface area contributed by atoms with Gasteiger partial charge in [-0.2, -0.15) is 0 Å². The second kappa shape index (κ2) is 15.1. The van der Waals surface area contributed by atoms with E-state index in [0.29, 0.717) is 33.7 Å².